The summed E-state index contributed by atoms with van der Waals surface area (Å²) < 4.78 is 63.6. The van der Waals surface area contributed by atoms with Gasteiger partial charge in [0, 0.05) is 29.9 Å². The highest BCUT2D eigenvalue weighted by molar-refractivity contribution is 7.88. The number of rotatable bonds is 7. The number of sulfonamides is 1. The van der Waals surface area contributed by atoms with Gasteiger partial charge < -0.3 is 15.5 Å². The van der Waals surface area contributed by atoms with Crippen LogP contribution in [0.5, 0.6) is 0 Å². The van der Waals surface area contributed by atoms with Crippen molar-refractivity contribution in [2.24, 2.45) is 0 Å². The minimum Gasteiger partial charge on any atom is -0.326 e. The van der Waals surface area contributed by atoms with Gasteiger partial charge in [0.05, 0.1) is 11.8 Å². The van der Waals surface area contributed by atoms with Gasteiger partial charge in [0.25, 0.3) is 0 Å². The summed E-state index contributed by atoms with van der Waals surface area (Å²) in [5.41, 5.74) is 0.795. The number of anilines is 2. The lowest BCUT2D eigenvalue weighted by Crippen LogP contribution is -2.53. The van der Waals surface area contributed by atoms with E-state index in [9.17, 15) is 31.2 Å². The number of urea groups is 1. The summed E-state index contributed by atoms with van der Waals surface area (Å²) in [5.74, 6) is -0.281. The number of piperidine rings is 1. The molecule has 2 fully saturated rings. The third kappa shape index (κ3) is 6.16. The van der Waals surface area contributed by atoms with Crippen molar-refractivity contribution in [3.05, 3.63) is 59.7 Å². The molecule has 12 heteroatoms. The number of nitrogens with zero attached hydrogens (tertiary/aromatic N) is 1. The van der Waals surface area contributed by atoms with Gasteiger partial charge in [-0.1, -0.05) is 12.1 Å². The molecule has 36 heavy (non-hydrogen) atoms. The third-order valence-electron chi connectivity index (χ3n) is 6.53. The van der Waals surface area contributed by atoms with Gasteiger partial charge in [-0.3, -0.25) is 4.79 Å². The van der Waals surface area contributed by atoms with Crippen molar-refractivity contribution in [1.29, 1.82) is 0 Å². The maximum Gasteiger partial charge on any atom is 0.416 e. The van der Waals surface area contributed by atoms with Crippen molar-refractivity contribution in [2.45, 2.75) is 43.3 Å². The molecule has 1 heterocycles. The van der Waals surface area contributed by atoms with Crippen molar-refractivity contribution >= 4 is 33.3 Å². The number of amides is 3. The molecule has 4 rings (SSSR count). The van der Waals surface area contributed by atoms with Gasteiger partial charge >= 0.3 is 12.2 Å². The van der Waals surface area contributed by atoms with E-state index in [4.69, 9.17) is 0 Å². The summed E-state index contributed by atoms with van der Waals surface area (Å²) >= 11 is 0. The van der Waals surface area contributed by atoms with Crippen LogP contribution < -0.4 is 20.3 Å². The number of nitrogens with one attached hydrogen (secondary N) is 3. The quantitative estimate of drug-likeness (QED) is 0.514. The first-order chi connectivity index (χ1) is 16.9. The zero-order chi connectivity index (χ0) is 26.1. The summed E-state index contributed by atoms with van der Waals surface area (Å²) in [4.78, 5) is 27.0. The molecule has 1 aliphatic carbocycles. The van der Waals surface area contributed by atoms with Gasteiger partial charge in [0.2, 0.25) is 15.9 Å². The predicted molar refractivity (Wildman–Crippen MR) is 129 cm³/mol. The Bertz CT molecular complexity index is 1230. The average molecular weight is 525 g/mol. The second kappa shape index (κ2) is 9.74. The minimum absolute atomic E-state index is 0.176. The number of benzene rings is 2. The van der Waals surface area contributed by atoms with Crippen LogP contribution >= 0.6 is 0 Å². The molecule has 0 bridgehead atoms. The summed E-state index contributed by atoms with van der Waals surface area (Å²) in [7, 11) is -3.29. The normalized spacial score (nSPS) is 19.6. The maximum absolute atomic E-state index is 13.1. The lowest BCUT2D eigenvalue weighted by Gasteiger charge is -2.33. The van der Waals surface area contributed by atoms with Crippen LogP contribution in [0.4, 0.5) is 29.3 Å². The number of carbonyl (C=O) groups is 2. The standard InChI is InChI=1S/C24H27F3N4O4S/c1-36(34,35)28-15-23(12-13-23)16-6-10-19(11-7-16)31-14-2-3-20(21(31)32)30-22(33)29-18-8-4-17(5-9-18)24(25,26)27/h4-11,20,28H,2-3,12-15H2,1H3,(H2,29,30,33)/t20-/m1/s1. The number of carbonyl (C=O) groups excluding carboxylic acids is 2. The molecule has 0 spiro atoms. The van der Waals surface area contributed by atoms with E-state index in [0.717, 1.165) is 48.9 Å². The third-order valence-corrected chi connectivity index (χ3v) is 7.20. The van der Waals surface area contributed by atoms with Crippen LogP contribution in [0.15, 0.2) is 48.5 Å². The van der Waals surface area contributed by atoms with Crippen molar-refractivity contribution < 1.29 is 31.2 Å². The molecular weight excluding hydrogens is 497 g/mol. The van der Waals surface area contributed by atoms with Crippen molar-refractivity contribution in [3.8, 4) is 0 Å². The molecule has 1 aliphatic heterocycles. The fourth-order valence-corrected chi connectivity index (χ4v) is 4.85. The first kappa shape index (κ1) is 26.0. The maximum atomic E-state index is 13.1. The Morgan fingerprint density at radius 1 is 1.08 bits per heavy atom. The lowest BCUT2D eigenvalue weighted by atomic mass is 9.95. The molecule has 2 aliphatic rings. The monoisotopic (exact) mass is 524 g/mol. The van der Waals surface area contributed by atoms with Crippen LogP contribution in [0, 0.1) is 0 Å². The fraction of sp³-hybridized carbons (Fsp3) is 0.417. The van der Waals surface area contributed by atoms with Crippen LogP contribution in [-0.2, 0) is 26.4 Å². The Labute approximate surface area is 207 Å². The smallest absolute Gasteiger partial charge is 0.326 e. The Morgan fingerprint density at radius 3 is 2.28 bits per heavy atom. The van der Waals surface area contributed by atoms with E-state index >= 15 is 0 Å². The van der Waals surface area contributed by atoms with Gasteiger partial charge in [0.1, 0.15) is 6.04 Å². The molecule has 2 aromatic rings. The van der Waals surface area contributed by atoms with E-state index in [-0.39, 0.29) is 17.0 Å². The van der Waals surface area contributed by atoms with Gasteiger partial charge in [-0.25, -0.2) is 17.9 Å². The van der Waals surface area contributed by atoms with Crippen molar-refractivity contribution in [1.82, 2.24) is 10.0 Å². The van der Waals surface area contributed by atoms with E-state index in [1.54, 1.807) is 4.90 Å². The van der Waals surface area contributed by atoms with Crippen LogP contribution in [0.3, 0.4) is 0 Å². The molecule has 3 N–H and O–H groups in total. The molecule has 1 atom stereocenters. The molecular formula is C24H27F3N4O4S. The molecule has 0 unspecified atom stereocenters. The summed E-state index contributed by atoms with van der Waals surface area (Å²) in [6, 6.07) is 10.0. The Kier molecular flexibility index (Phi) is 7.02. The van der Waals surface area contributed by atoms with E-state index in [1.807, 2.05) is 24.3 Å². The summed E-state index contributed by atoms with van der Waals surface area (Å²) in [6.45, 7) is 0.811. The van der Waals surface area contributed by atoms with Crippen molar-refractivity contribution in [2.75, 3.05) is 29.6 Å². The van der Waals surface area contributed by atoms with Gasteiger partial charge in [-0.2, -0.15) is 13.2 Å². The topological polar surface area (TPSA) is 108 Å². The molecule has 1 saturated carbocycles. The number of hydrogen-bond donors (Lipinski definition) is 3. The van der Waals surface area contributed by atoms with Gasteiger partial charge in [-0.15, -0.1) is 0 Å². The first-order valence-corrected chi connectivity index (χ1v) is 13.4. The Balaban J connectivity index is 1.36. The molecule has 194 valence electrons. The highest BCUT2D eigenvalue weighted by Crippen LogP contribution is 2.48. The SMILES string of the molecule is CS(=O)(=O)NCC1(c2ccc(N3CCC[C@@H](NC(=O)Nc4ccc(C(F)(F)F)cc4)C3=O)cc2)CC1. The zero-order valence-electron chi connectivity index (χ0n) is 19.6. The number of alkyl halides is 3. The highest BCUT2D eigenvalue weighted by atomic mass is 32.2. The second-order valence-electron chi connectivity index (χ2n) is 9.28. The lowest BCUT2D eigenvalue weighted by molar-refractivity contribution is -0.137. The molecule has 8 nitrogen and oxygen atoms in total. The largest absolute Gasteiger partial charge is 0.416 e. The minimum atomic E-state index is -4.47. The second-order valence-corrected chi connectivity index (χ2v) is 11.1. The number of hydrogen-bond acceptors (Lipinski definition) is 4. The number of halogens is 3. The summed E-state index contributed by atoms with van der Waals surface area (Å²) in [5, 5.41) is 5.07. The molecule has 3 amide bonds. The van der Waals surface area contributed by atoms with Crippen LogP contribution in [0.2, 0.25) is 0 Å². The first-order valence-electron chi connectivity index (χ1n) is 11.5. The summed E-state index contributed by atoms with van der Waals surface area (Å²) in [6.07, 6.45) is -0.504. The van der Waals surface area contributed by atoms with Crippen molar-refractivity contribution in [3.63, 3.8) is 0 Å². The molecule has 0 radical (unpaired) electrons. The van der Waals surface area contributed by atoms with E-state index in [1.165, 1.54) is 0 Å². The van der Waals surface area contributed by atoms with Crippen LogP contribution in [-0.4, -0.2) is 45.7 Å². The highest BCUT2D eigenvalue weighted by Gasteiger charge is 2.44. The zero-order valence-corrected chi connectivity index (χ0v) is 20.4. The van der Waals surface area contributed by atoms with Crippen LogP contribution in [0.25, 0.3) is 0 Å². The Morgan fingerprint density at radius 2 is 1.72 bits per heavy atom. The van der Waals surface area contributed by atoms with E-state index < -0.39 is 33.8 Å². The van der Waals surface area contributed by atoms with E-state index in [2.05, 4.69) is 15.4 Å². The predicted octanol–water partition coefficient (Wildman–Crippen LogP) is 3.60. The molecule has 1 saturated heterocycles. The van der Waals surface area contributed by atoms with Gasteiger partial charge in [0.15, 0.2) is 0 Å². The molecule has 0 aromatic heterocycles. The van der Waals surface area contributed by atoms with Gasteiger partial charge in [-0.05, 0) is 67.6 Å². The van der Waals surface area contributed by atoms with E-state index in [0.29, 0.717) is 31.6 Å². The van der Waals surface area contributed by atoms with Crippen LogP contribution in [0.1, 0.15) is 36.8 Å². The Hall–Kier alpha value is -3.12. The molecule has 2 aromatic carbocycles. The fourth-order valence-electron chi connectivity index (χ4n) is 4.32. The average Bonchev–Trinajstić information content (AvgIpc) is 3.60.